The Morgan fingerprint density at radius 3 is 2.62 bits per heavy atom. The number of nitrogens with one attached hydrogen (secondary N) is 1. The summed E-state index contributed by atoms with van der Waals surface area (Å²) in [6.45, 7) is 2.88. The Bertz CT molecular complexity index is 785. The van der Waals surface area contributed by atoms with Crippen molar-refractivity contribution >= 4 is 27.1 Å². The van der Waals surface area contributed by atoms with Crippen LogP contribution in [0.1, 0.15) is 10.7 Å². The first-order valence-corrected chi connectivity index (χ1v) is 10.1. The molecule has 2 aromatic rings. The summed E-state index contributed by atoms with van der Waals surface area (Å²) in [5, 5.41) is 6.13. The first-order valence-electron chi connectivity index (χ1n) is 7.53. The van der Waals surface area contributed by atoms with Crippen molar-refractivity contribution in [2.75, 3.05) is 26.4 Å². The smallest absolute Gasteiger partial charge is 0.193 e. The van der Waals surface area contributed by atoms with Gasteiger partial charge in [-0.3, -0.25) is 4.99 Å². The summed E-state index contributed by atoms with van der Waals surface area (Å²) in [7, 11) is 0.284. The van der Waals surface area contributed by atoms with E-state index in [1.54, 1.807) is 48.7 Å². The molecule has 0 aliphatic rings. The summed E-state index contributed by atoms with van der Waals surface area (Å²) in [6, 6.07) is 8.47. The Balaban J connectivity index is 1.89. The molecule has 1 aromatic carbocycles. The molecule has 2 rings (SSSR count). The van der Waals surface area contributed by atoms with E-state index in [1.165, 1.54) is 0 Å². The molecule has 1 heterocycles. The van der Waals surface area contributed by atoms with E-state index in [2.05, 4.69) is 15.3 Å². The molecule has 130 valence electrons. The average Bonchev–Trinajstić information content (AvgIpc) is 2.97. The van der Waals surface area contributed by atoms with Crippen LogP contribution in [0, 0.1) is 6.92 Å². The lowest BCUT2D eigenvalue weighted by atomic mass is 10.4. The van der Waals surface area contributed by atoms with Gasteiger partial charge in [-0.25, -0.2) is 13.4 Å². The monoisotopic (exact) mass is 366 g/mol. The van der Waals surface area contributed by atoms with Gasteiger partial charge in [0.1, 0.15) is 0 Å². The number of thiazole rings is 1. The van der Waals surface area contributed by atoms with Gasteiger partial charge in [-0.1, -0.05) is 18.2 Å². The third kappa shape index (κ3) is 5.04. The molecule has 0 aliphatic heterocycles. The van der Waals surface area contributed by atoms with E-state index in [4.69, 9.17) is 0 Å². The molecule has 0 saturated heterocycles. The molecule has 1 aromatic heterocycles. The van der Waals surface area contributed by atoms with Crippen LogP contribution in [0.3, 0.4) is 0 Å². The second-order valence-electron chi connectivity index (χ2n) is 5.32. The Morgan fingerprint density at radius 2 is 2.04 bits per heavy atom. The minimum absolute atomic E-state index is 0.0136. The second-order valence-corrected chi connectivity index (χ2v) is 8.49. The number of aliphatic imine (C=N–C) groups is 1. The lowest BCUT2D eigenvalue weighted by molar-refractivity contribution is 0.472. The van der Waals surface area contributed by atoms with Gasteiger partial charge in [0, 0.05) is 26.0 Å². The average molecular weight is 367 g/mol. The summed E-state index contributed by atoms with van der Waals surface area (Å²) in [4.78, 5) is 10.9. The number of hydrogen-bond acceptors (Lipinski definition) is 5. The Morgan fingerprint density at radius 1 is 1.33 bits per heavy atom. The number of rotatable bonds is 6. The van der Waals surface area contributed by atoms with Crippen molar-refractivity contribution in [1.82, 2.24) is 15.2 Å². The summed E-state index contributed by atoms with van der Waals surface area (Å²) in [5.41, 5.74) is 0.972. The van der Waals surface area contributed by atoms with E-state index in [0.717, 1.165) is 10.7 Å². The molecular formula is C16H22N4O2S2. The van der Waals surface area contributed by atoms with Gasteiger partial charge in [0.25, 0.3) is 0 Å². The third-order valence-electron chi connectivity index (χ3n) is 3.40. The maximum absolute atomic E-state index is 12.3. The van der Waals surface area contributed by atoms with Gasteiger partial charge in [0.2, 0.25) is 0 Å². The summed E-state index contributed by atoms with van der Waals surface area (Å²) >= 11 is 1.61. The van der Waals surface area contributed by atoms with Crippen molar-refractivity contribution < 1.29 is 8.42 Å². The maximum Gasteiger partial charge on any atom is 0.193 e. The quantitative estimate of drug-likeness (QED) is 0.625. The van der Waals surface area contributed by atoms with Crippen molar-refractivity contribution in [2.45, 2.75) is 18.4 Å². The number of guanidine groups is 1. The zero-order valence-electron chi connectivity index (χ0n) is 14.1. The highest BCUT2D eigenvalue weighted by molar-refractivity contribution is 7.91. The highest BCUT2D eigenvalue weighted by Gasteiger charge is 2.15. The van der Waals surface area contributed by atoms with E-state index in [-0.39, 0.29) is 5.75 Å². The number of aromatic nitrogens is 1. The molecule has 8 heteroatoms. The van der Waals surface area contributed by atoms with Crippen molar-refractivity contribution in [3.05, 3.63) is 46.4 Å². The predicted molar refractivity (Wildman–Crippen MR) is 98.2 cm³/mol. The molecule has 24 heavy (non-hydrogen) atoms. The van der Waals surface area contributed by atoms with Crippen molar-refractivity contribution in [3.8, 4) is 0 Å². The van der Waals surface area contributed by atoms with Gasteiger partial charge < -0.3 is 10.2 Å². The molecule has 1 N–H and O–H groups in total. The fraction of sp³-hybridized carbons (Fsp3) is 0.375. The fourth-order valence-corrected chi connectivity index (χ4v) is 4.01. The molecule has 0 aliphatic carbocycles. The van der Waals surface area contributed by atoms with Crippen molar-refractivity contribution in [2.24, 2.45) is 4.99 Å². The van der Waals surface area contributed by atoms with Crippen molar-refractivity contribution in [1.29, 1.82) is 0 Å². The van der Waals surface area contributed by atoms with Crippen LogP contribution < -0.4 is 5.32 Å². The van der Waals surface area contributed by atoms with Crippen LogP contribution in [0.15, 0.2) is 45.6 Å². The molecule has 6 nitrogen and oxygen atoms in total. The Hall–Kier alpha value is -1.93. The van der Waals surface area contributed by atoms with Crippen LogP contribution in [0.25, 0.3) is 0 Å². The molecule has 0 saturated carbocycles. The molecule has 0 amide bonds. The molecule has 0 atom stereocenters. The van der Waals surface area contributed by atoms with Gasteiger partial charge in [0.05, 0.1) is 27.9 Å². The normalized spacial score (nSPS) is 12.2. The number of hydrogen-bond donors (Lipinski definition) is 1. The first kappa shape index (κ1) is 18.4. The van der Waals surface area contributed by atoms with Gasteiger partial charge in [-0.05, 0) is 19.1 Å². The largest absolute Gasteiger partial charge is 0.355 e. The zero-order valence-corrected chi connectivity index (χ0v) is 15.7. The highest BCUT2D eigenvalue weighted by Crippen LogP contribution is 2.10. The van der Waals surface area contributed by atoms with Gasteiger partial charge in [0.15, 0.2) is 15.8 Å². The Labute approximate surface area is 147 Å². The van der Waals surface area contributed by atoms with E-state index < -0.39 is 9.84 Å². The second kappa shape index (κ2) is 8.25. The third-order valence-corrected chi connectivity index (χ3v) is 5.95. The van der Waals surface area contributed by atoms with Crippen LogP contribution in [-0.4, -0.2) is 50.7 Å². The molecule has 0 bridgehead atoms. The van der Waals surface area contributed by atoms with Crippen LogP contribution in [0.4, 0.5) is 0 Å². The van der Waals surface area contributed by atoms with Gasteiger partial charge in [-0.2, -0.15) is 0 Å². The van der Waals surface area contributed by atoms with Crippen LogP contribution in [0.2, 0.25) is 0 Å². The minimum atomic E-state index is -3.29. The SMILES string of the molecule is CN=C(NCCS(=O)(=O)c1ccccc1)N(C)Cc1csc(C)n1. The lowest BCUT2D eigenvalue weighted by Crippen LogP contribution is -2.40. The van der Waals surface area contributed by atoms with Crippen LogP contribution in [-0.2, 0) is 16.4 Å². The standard InChI is InChI=1S/C16H22N4O2S2/c1-13-19-14(12-23-13)11-20(3)16(17-2)18-9-10-24(21,22)15-7-5-4-6-8-15/h4-8,12H,9-11H2,1-3H3,(H,17,18). The predicted octanol–water partition coefficient (Wildman–Crippen LogP) is 1.93. The molecular weight excluding hydrogens is 344 g/mol. The van der Waals surface area contributed by atoms with E-state index >= 15 is 0 Å². The number of benzene rings is 1. The van der Waals surface area contributed by atoms with Crippen molar-refractivity contribution in [3.63, 3.8) is 0 Å². The van der Waals surface area contributed by atoms with Crippen LogP contribution >= 0.6 is 11.3 Å². The van der Waals surface area contributed by atoms with Crippen LogP contribution in [0.5, 0.6) is 0 Å². The minimum Gasteiger partial charge on any atom is -0.355 e. The molecule has 0 fully saturated rings. The molecule has 0 spiro atoms. The highest BCUT2D eigenvalue weighted by atomic mass is 32.2. The number of aryl methyl sites for hydroxylation is 1. The summed E-state index contributed by atoms with van der Waals surface area (Å²) in [6.07, 6.45) is 0. The maximum atomic E-state index is 12.3. The van der Waals surface area contributed by atoms with E-state index in [1.807, 2.05) is 24.3 Å². The molecule has 0 unspecified atom stereocenters. The van der Waals surface area contributed by atoms with Gasteiger partial charge >= 0.3 is 0 Å². The molecule has 0 radical (unpaired) electrons. The summed E-state index contributed by atoms with van der Waals surface area (Å²) in [5.74, 6) is 0.656. The number of sulfone groups is 1. The Kier molecular flexibility index (Phi) is 6.33. The summed E-state index contributed by atoms with van der Waals surface area (Å²) < 4.78 is 24.5. The van der Waals surface area contributed by atoms with Gasteiger partial charge in [-0.15, -0.1) is 11.3 Å². The van der Waals surface area contributed by atoms with E-state index in [0.29, 0.717) is 23.9 Å². The fourth-order valence-electron chi connectivity index (χ4n) is 2.23. The van der Waals surface area contributed by atoms with E-state index in [9.17, 15) is 8.42 Å². The zero-order chi connectivity index (χ0) is 17.6. The lowest BCUT2D eigenvalue weighted by Gasteiger charge is -2.21. The number of nitrogens with zero attached hydrogens (tertiary/aromatic N) is 3. The topological polar surface area (TPSA) is 74.7 Å². The first-order chi connectivity index (χ1) is 11.4.